The zero-order valence-electron chi connectivity index (χ0n) is 16.9. The molecule has 0 bridgehead atoms. The number of amides is 1. The Morgan fingerprint density at radius 2 is 1.59 bits per heavy atom. The Morgan fingerprint density at radius 3 is 2.28 bits per heavy atom. The standard InChI is InChI=1S/C23H24N2O3S/c1-16-12-13-21(18(3)14-16)24-23(26)19-9-7-10-20(15-19)29(27,28)25(4)22-11-6-5-8-17(22)2/h5-15H,1-4H3,(H,24,26). The van der Waals surface area contributed by atoms with E-state index in [9.17, 15) is 13.2 Å². The molecule has 0 saturated carbocycles. The summed E-state index contributed by atoms with van der Waals surface area (Å²) in [6, 6.07) is 19.1. The second-order valence-electron chi connectivity index (χ2n) is 7.06. The van der Waals surface area contributed by atoms with E-state index < -0.39 is 10.0 Å². The van der Waals surface area contributed by atoms with Gasteiger partial charge in [0.2, 0.25) is 0 Å². The molecule has 0 radical (unpaired) electrons. The van der Waals surface area contributed by atoms with Crippen molar-refractivity contribution in [2.24, 2.45) is 0 Å². The van der Waals surface area contributed by atoms with Gasteiger partial charge < -0.3 is 5.32 Å². The van der Waals surface area contributed by atoms with E-state index in [-0.39, 0.29) is 16.4 Å². The third kappa shape index (κ3) is 4.32. The Hall–Kier alpha value is -3.12. The number of hydrogen-bond donors (Lipinski definition) is 1. The minimum atomic E-state index is -3.80. The summed E-state index contributed by atoms with van der Waals surface area (Å²) in [6.07, 6.45) is 0. The van der Waals surface area contributed by atoms with Gasteiger partial charge in [-0.25, -0.2) is 8.42 Å². The number of carbonyl (C=O) groups is 1. The van der Waals surface area contributed by atoms with Crippen molar-refractivity contribution in [2.45, 2.75) is 25.7 Å². The fraction of sp³-hybridized carbons (Fsp3) is 0.174. The van der Waals surface area contributed by atoms with Gasteiger partial charge in [-0.05, 0) is 62.2 Å². The molecule has 1 N–H and O–H groups in total. The highest BCUT2D eigenvalue weighted by Gasteiger charge is 2.23. The van der Waals surface area contributed by atoms with Gasteiger partial charge in [0, 0.05) is 18.3 Å². The van der Waals surface area contributed by atoms with E-state index in [1.165, 1.54) is 23.5 Å². The van der Waals surface area contributed by atoms with Crippen molar-refractivity contribution in [1.29, 1.82) is 0 Å². The van der Waals surface area contributed by atoms with Crippen molar-refractivity contribution >= 4 is 27.3 Å². The average molecular weight is 409 g/mol. The van der Waals surface area contributed by atoms with Crippen molar-refractivity contribution in [3.63, 3.8) is 0 Å². The predicted octanol–water partition coefficient (Wildman–Crippen LogP) is 4.69. The maximum atomic E-state index is 13.1. The Morgan fingerprint density at radius 1 is 0.862 bits per heavy atom. The Balaban J connectivity index is 1.90. The van der Waals surface area contributed by atoms with Gasteiger partial charge in [-0.15, -0.1) is 0 Å². The van der Waals surface area contributed by atoms with Gasteiger partial charge in [0.1, 0.15) is 0 Å². The lowest BCUT2D eigenvalue weighted by Crippen LogP contribution is -2.27. The fourth-order valence-electron chi connectivity index (χ4n) is 3.15. The van der Waals surface area contributed by atoms with Crippen LogP contribution < -0.4 is 9.62 Å². The second-order valence-corrected chi connectivity index (χ2v) is 9.03. The second kappa shape index (κ2) is 8.09. The van der Waals surface area contributed by atoms with Crippen molar-refractivity contribution in [3.8, 4) is 0 Å². The van der Waals surface area contributed by atoms with Gasteiger partial charge in [0.25, 0.3) is 15.9 Å². The summed E-state index contributed by atoms with van der Waals surface area (Å²) in [7, 11) is -2.29. The van der Waals surface area contributed by atoms with Crippen LogP contribution in [0.2, 0.25) is 0 Å². The lowest BCUT2D eigenvalue weighted by atomic mass is 10.1. The van der Waals surface area contributed by atoms with E-state index >= 15 is 0 Å². The number of aryl methyl sites for hydroxylation is 3. The van der Waals surface area contributed by atoms with Crippen molar-refractivity contribution in [1.82, 2.24) is 0 Å². The van der Waals surface area contributed by atoms with Crippen LogP contribution in [0.3, 0.4) is 0 Å². The summed E-state index contributed by atoms with van der Waals surface area (Å²) >= 11 is 0. The van der Waals surface area contributed by atoms with E-state index in [0.717, 1.165) is 16.7 Å². The van der Waals surface area contributed by atoms with Gasteiger partial charge in [0.15, 0.2) is 0 Å². The zero-order chi connectivity index (χ0) is 21.2. The monoisotopic (exact) mass is 408 g/mol. The number of sulfonamides is 1. The Kier molecular flexibility index (Phi) is 5.75. The van der Waals surface area contributed by atoms with Crippen LogP contribution in [-0.4, -0.2) is 21.4 Å². The summed E-state index contributed by atoms with van der Waals surface area (Å²) in [6.45, 7) is 5.76. The van der Waals surface area contributed by atoms with Gasteiger partial charge in [0.05, 0.1) is 10.6 Å². The van der Waals surface area contributed by atoms with Gasteiger partial charge >= 0.3 is 0 Å². The predicted molar refractivity (Wildman–Crippen MR) is 117 cm³/mol. The molecule has 0 fully saturated rings. The maximum Gasteiger partial charge on any atom is 0.264 e. The topological polar surface area (TPSA) is 66.5 Å². The molecule has 0 heterocycles. The third-order valence-corrected chi connectivity index (χ3v) is 6.61. The third-order valence-electron chi connectivity index (χ3n) is 4.84. The number of nitrogens with one attached hydrogen (secondary N) is 1. The first-order chi connectivity index (χ1) is 13.7. The molecule has 0 aliphatic rings. The van der Waals surface area contributed by atoms with Gasteiger partial charge in [-0.2, -0.15) is 0 Å². The Bertz CT molecular complexity index is 1170. The molecule has 0 aliphatic carbocycles. The number of para-hydroxylation sites is 1. The first-order valence-corrected chi connectivity index (χ1v) is 10.7. The molecule has 6 heteroatoms. The molecule has 150 valence electrons. The van der Waals surface area contributed by atoms with Crippen LogP contribution in [0, 0.1) is 20.8 Å². The van der Waals surface area contributed by atoms with E-state index in [1.807, 2.05) is 51.1 Å². The van der Waals surface area contributed by atoms with Crippen LogP contribution in [0.5, 0.6) is 0 Å². The van der Waals surface area contributed by atoms with Crippen LogP contribution in [0.1, 0.15) is 27.0 Å². The molecule has 0 saturated heterocycles. The number of carbonyl (C=O) groups excluding carboxylic acids is 1. The van der Waals surface area contributed by atoms with Crippen LogP contribution in [0.15, 0.2) is 71.6 Å². The SMILES string of the molecule is Cc1ccc(NC(=O)c2cccc(S(=O)(=O)N(C)c3ccccc3C)c2)c(C)c1. The fourth-order valence-corrected chi connectivity index (χ4v) is 4.46. The molecule has 0 unspecified atom stereocenters. The average Bonchev–Trinajstić information content (AvgIpc) is 2.70. The molecule has 5 nitrogen and oxygen atoms in total. The molecule has 1 amide bonds. The summed E-state index contributed by atoms with van der Waals surface area (Å²) in [5, 5.41) is 2.86. The largest absolute Gasteiger partial charge is 0.322 e. The minimum absolute atomic E-state index is 0.0662. The highest BCUT2D eigenvalue weighted by molar-refractivity contribution is 7.92. The molecule has 3 aromatic rings. The highest BCUT2D eigenvalue weighted by atomic mass is 32.2. The lowest BCUT2D eigenvalue weighted by Gasteiger charge is -2.21. The molecular weight excluding hydrogens is 384 g/mol. The van der Waals surface area contributed by atoms with Crippen molar-refractivity contribution in [3.05, 3.63) is 89.0 Å². The van der Waals surface area contributed by atoms with E-state index in [1.54, 1.807) is 24.3 Å². The van der Waals surface area contributed by atoms with E-state index in [0.29, 0.717) is 11.4 Å². The van der Waals surface area contributed by atoms with Gasteiger partial charge in [-0.3, -0.25) is 9.10 Å². The molecule has 3 aromatic carbocycles. The number of nitrogens with zero attached hydrogens (tertiary/aromatic N) is 1. The quantitative estimate of drug-likeness (QED) is 0.666. The lowest BCUT2D eigenvalue weighted by molar-refractivity contribution is 0.102. The number of rotatable bonds is 5. The summed E-state index contributed by atoms with van der Waals surface area (Å²) < 4.78 is 27.4. The molecule has 0 spiro atoms. The Labute approximate surface area is 172 Å². The normalized spacial score (nSPS) is 11.2. The minimum Gasteiger partial charge on any atom is -0.322 e. The summed E-state index contributed by atoms with van der Waals surface area (Å²) in [4.78, 5) is 12.8. The van der Waals surface area contributed by atoms with Crippen LogP contribution in [0.25, 0.3) is 0 Å². The number of hydrogen-bond acceptors (Lipinski definition) is 3. The smallest absolute Gasteiger partial charge is 0.264 e. The maximum absolute atomic E-state index is 13.1. The summed E-state index contributed by atoms with van der Waals surface area (Å²) in [5.74, 6) is -0.354. The van der Waals surface area contributed by atoms with Crippen molar-refractivity contribution in [2.75, 3.05) is 16.7 Å². The number of benzene rings is 3. The van der Waals surface area contributed by atoms with E-state index in [2.05, 4.69) is 5.32 Å². The van der Waals surface area contributed by atoms with Crippen LogP contribution in [0.4, 0.5) is 11.4 Å². The summed E-state index contributed by atoms with van der Waals surface area (Å²) in [5.41, 5.74) is 4.48. The molecular formula is C23H24N2O3S. The number of anilines is 2. The van der Waals surface area contributed by atoms with E-state index in [4.69, 9.17) is 0 Å². The first-order valence-electron chi connectivity index (χ1n) is 9.23. The molecule has 0 aliphatic heterocycles. The molecule has 0 atom stereocenters. The van der Waals surface area contributed by atoms with Crippen LogP contribution in [-0.2, 0) is 10.0 Å². The first kappa shape index (κ1) is 20.6. The molecule has 29 heavy (non-hydrogen) atoms. The van der Waals surface area contributed by atoms with Crippen molar-refractivity contribution < 1.29 is 13.2 Å². The highest BCUT2D eigenvalue weighted by Crippen LogP contribution is 2.26. The van der Waals surface area contributed by atoms with Crippen LogP contribution >= 0.6 is 0 Å². The zero-order valence-corrected chi connectivity index (χ0v) is 17.7. The molecule has 0 aromatic heterocycles. The van der Waals surface area contributed by atoms with Gasteiger partial charge in [-0.1, -0.05) is 42.0 Å². The molecule has 3 rings (SSSR count).